The van der Waals surface area contributed by atoms with E-state index in [0.29, 0.717) is 0 Å². The van der Waals surface area contributed by atoms with E-state index in [1.807, 2.05) is 25.2 Å². The van der Waals surface area contributed by atoms with Crippen molar-refractivity contribution in [2.75, 3.05) is 6.61 Å². The molecule has 0 aromatic carbocycles. The molecule has 0 bridgehead atoms. The predicted molar refractivity (Wildman–Crippen MR) is 58.1 cm³/mol. The maximum Gasteiger partial charge on any atom is 0.0830 e. The van der Waals surface area contributed by atoms with Gasteiger partial charge >= 0.3 is 0 Å². The first-order chi connectivity index (χ1) is 6.81. The second-order valence-electron chi connectivity index (χ2n) is 3.41. The Morgan fingerprint density at radius 2 is 2.36 bits per heavy atom. The summed E-state index contributed by atoms with van der Waals surface area (Å²) in [7, 11) is 0. The maximum atomic E-state index is 8.94. The molecule has 2 nitrogen and oxygen atoms in total. The summed E-state index contributed by atoms with van der Waals surface area (Å²) in [6, 6.07) is 0. The summed E-state index contributed by atoms with van der Waals surface area (Å²) in [6.07, 6.45) is 9.81. The number of allylic oxidation sites excluding steroid dienone is 3. The quantitative estimate of drug-likeness (QED) is 0.695. The fraction of sp³-hybridized carbons (Fsp3) is 0.500. The van der Waals surface area contributed by atoms with E-state index in [9.17, 15) is 0 Å². The van der Waals surface area contributed by atoms with Crippen LogP contribution in [-0.2, 0) is 4.74 Å². The van der Waals surface area contributed by atoms with Gasteiger partial charge in [-0.15, -0.1) is 0 Å². The summed E-state index contributed by atoms with van der Waals surface area (Å²) in [4.78, 5) is 0. The van der Waals surface area contributed by atoms with Crippen molar-refractivity contribution in [1.29, 1.82) is 0 Å². The van der Waals surface area contributed by atoms with E-state index in [0.717, 1.165) is 18.4 Å². The molecule has 2 atom stereocenters. The van der Waals surface area contributed by atoms with Gasteiger partial charge in [-0.2, -0.15) is 0 Å². The zero-order valence-corrected chi connectivity index (χ0v) is 8.65. The Kier molecular flexibility index (Phi) is 4.63. The lowest BCUT2D eigenvalue weighted by Crippen LogP contribution is -2.15. The lowest BCUT2D eigenvalue weighted by Gasteiger charge is -2.12. The monoisotopic (exact) mass is 194 g/mol. The fourth-order valence-electron chi connectivity index (χ4n) is 1.68. The number of aliphatic hydroxyl groups excluding tert-OH is 1. The van der Waals surface area contributed by atoms with E-state index in [-0.39, 0.29) is 18.8 Å². The van der Waals surface area contributed by atoms with Crippen molar-refractivity contribution in [2.45, 2.75) is 32.0 Å². The maximum absolute atomic E-state index is 8.94. The minimum absolute atomic E-state index is 0.0125. The van der Waals surface area contributed by atoms with Crippen LogP contribution in [0.4, 0.5) is 0 Å². The molecule has 0 radical (unpaired) electrons. The van der Waals surface area contributed by atoms with Gasteiger partial charge in [-0.3, -0.25) is 0 Å². The molecule has 14 heavy (non-hydrogen) atoms. The van der Waals surface area contributed by atoms with Crippen LogP contribution in [0.25, 0.3) is 0 Å². The minimum atomic E-state index is 0.0125. The molecule has 0 amide bonds. The summed E-state index contributed by atoms with van der Waals surface area (Å²) in [5.41, 5.74) is 1.14. The third kappa shape index (κ3) is 2.82. The predicted octanol–water partition coefficient (Wildman–Crippen LogP) is 2.21. The van der Waals surface area contributed by atoms with Gasteiger partial charge in [0, 0.05) is 0 Å². The van der Waals surface area contributed by atoms with E-state index in [1.165, 1.54) is 0 Å². The summed E-state index contributed by atoms with van der Waals surface area (Å²) in [6.45, 7) is 5.78. The van der Waals surface area contributed by atoms with Crippen LogP contribution in [-0.4, -0.2) is 23.9 Å². The summed E-state index contributed by atoms with van der Waals surface area (Å²) in [5, 5.41) is 8.94. The molecule has 1 fully saturated rings. The molecule has 0 aromatic heterocycles. The minimum Gasteiger partial charge on any atom is -0.394 e. The van der Waals surface area contributed by atoms with Crippen molar-refractivity contribution in [3.8, 4) is 0 Å². The average molecular weight is 194 g/mol. The molecule has 1 rings (SSSR count). The van der Waals surface area contributed by atoms with Gasteiger partial charge in [-0.1, -0.05) is 30.9 Å². The lowest BCUT2D eigenvalue weighted by molar-refractivity contribution is 0.0279. The highest BCUT2D eigenvalue weighted by atomic mass is 16.5. The zero-order chi connectivity index (χ0) is 10.4. The molecule has 2 heteroatoms. The van der Waals surface area contributed by atoms with E-state index >= 15 is 0 Å². The van der Waals surface area contributed by atoms with Crippen molar-refractivity contribution < 1.29 is 9.84 Å². The van der Waals surface area contributed by atoms with Gasteiger partial charge in [0.2, 0.25) is 0 Å². The van der Waals surface area contributed by atoms with Crippen LogP contribution in [0, 0.1) is 0 Å². The summed E-state index contributed by atoms with van der Waals surface area (Å²) >= 11 is 0. The number of hydrogen-bond donors (Lipinski definition) is 1. The van der Waals surface area contributed by atoms with E-state index in [2.05, 4.69) is 6.58 Å². The van der Waals surface area contributed by atoms with E-state index in [4.69, 9.17) is 9.84 Å². The van der Waals surface area contributed by atoms with Crippen molar-refractivity contribution in [3.63, 3.8) is 0 Å². The Balaban J connectivity index is 2.62. The smallest absolute Gasteiger partial charge is 0.0830 e. The zero-order valence-electron chi connectivity index (χ0n) is 8.65. The molecule has 0 saturated carbocycles. The molecule has 78 valence electrons. The molecule has 0 aliphatic carbocycles. The fourth-order valence-corrected chi connectivity index (χ4v) is 1.68. The Bertz CT molecular complexity index is 241. The van der Waals surface area contributed by atoms with Gasteiger partial charge < -0.3 is 9.84 Å². The van der Waals surface area contributed by atoms with Crippen molar-refractivity contribution in [1.82, 2.24) is 0 Å². The van der Waals surface area contributed by atoms with Crippen LogP contribution in [0.1, 0.15) is 19.8 Å². The van der Waals surface area contributed by atoms with Crippen molar-refractivity contribution in [3.05, 3.63) is 36.5 Å². The van der Waals surface area contributed by atoms with Gasteiger partial charge in [-0.05, 0) is 25.3 Å². The Morgan fingerprint density at radius 3 is 2.86 bits per heavy atom. The molecule has 1 N–H and O–H groups in total. The number of ether oxygens (including phenoxy) is 1. The highest BCUT2D eigenvalue weighted by Gasteiger charge is 2.25. The standard InChI is InChI=1S/C12H18O2/c1-3-5-10(6-4-2)12-8-7-11(9-13)14-12/h3-6,11-13H,1,7-9H2,2H3/b6-4-,10-5+. The van der Waals surface area contributed by atoms with Gasteiger partial charge in [0.05, 0.1) is 18.8 Å². The molecular weight excluding hydrogens is 176 g/mol. The van der Waals surface area contributed by atoms with Crippen LogP contribution < -0.4 is 0 Å². The first kappa shape index (κ1) is 11.2. The van der Waals surface area contributed by atoms with Gasteiger partial charge in [0.1, 0.15) is 0 Å². The molecule has 0 aromatic rings. The molecule has 2 unspecified atom stereocenters. The van der Waals surface area contributed by atoms with E-state index in [1.54, 1.807) is 6.08 Å². The van der Waals surface area contributed by atoms with Crippen LogP contribution in [0.5, 0.6) is 0 Å². The van der Waals surface area contributed by atoms with Gasteiger partial charge in [0.15, 0.2) is 0 Å². The number of aliphatic hydroxyl groups is 1. The van der Waals surface area contributed by atoms with Crippen LogP contribution in [0.3, 0.4) is 0 Å². The average Bonchev–Trinajstić information content (AvgIpc) is 2.65. The lowest BCUT2D eigenvalue weighted by atomic mass is 10.1. The molecule has 1 heterocycles. The highest BCUT2D eigenvalue weighted by molar-refractivity contribution is 5.27. The molecule has 1 saturated heterocycles. The molecule has 1 aliphatic rings. The third-order valence-electron chi connectivity index (χ3n) is 2.35. The topological polar surface area (TPSA) is 29.5 Å². The van der Waals surface area contributed by atoms with Gasteiger partial charge in [0.25, 0.3) is 0 Å². The van der Waals surface area contributed by atoms with E-state index < -0.39 is 0 Å². The second kappa shape index (κ2) is 5.78. The molecular formula is C12H18O2. The van der Waals surface area contributed by atoms with Gasteiger partial charge in [-0.25, -0.2) is 0 Å². The van der Waals surface area contributed by atoms with Crippen LogP contribution >= 0.6 is 0 Å². The van der Waals surface area contributed by atoms with Crippen molar-refractivity contribution in [2.24, 2.45) is 0 Å². The Hall–Kier alpha value is -0.860. The Morgan fingerprint density at radius 1 is 1.57 bits per heavy atom. The Labute approximate surface area is 85.6 Å². The van der Waals surface area contributed by atoms with Crippen molar-refractivity contribution >= 4 is 0 Å². The third-order valence-corrected chi connectivity index (χ3v) is 2.35. The van der Waals surface area contributed by atoms with Crippen LogP contribution in [0.2, 0.25) is 0 Å². The largest absolute Gasteiger partial charge is 0.394 e. The number of hydrogen-bond acceptors (Lipinski definition) is 2. The first-order valence-corrected chi connectivity index (χ1v) is 5.03. The SMILES string of the molecule is C=C/C=C(\C=C/C)C1CCC(CO)O1. The highest BCUT2D eigenvalue weighted by Crippen LogP contribution is 2.25. The molecule has 1 aliphatic heterocycles. The van der Waals surface area contributed by atoms with Crippen LogP contribution in [0.15, 0.2) is 36.5 Å². The normalized spacial score (nSPS) is 28.6. The second-order valence-corrected chi connectivity index (χ2v) is 3.41. The first-order valence-electron chi connectivity index (χ1n) is 5.03. The number of rotatable bonds is 4. The summed E-state index contributed by atoms with van der Waals surface area (Å²) in [5.74, 6) is 0. The molecule has 0 spiro atoms. The summed E-state index contributed by atoms with van der Waals surface area (Å²) < 4.78 is 5.66.